The normalized spacial score (nSPS) is 28.9. The number of likely N-dealkylation sites (N-methyl/N-ethyl adjacent to an activating group) is 1. The Hall–Kier alpha value is -1.09. The first-order valence-electron chi connectivity index (χ1n) is 7.00. The molecule has 0 aromatic carbocycles. The number of nitrogens with zero attached hydrogens (tertiary/aromatic N) is 1. The molecule has 3 atom stereocenters. The predicted molar refractivity (Wildman–Crippen MR) is 72.1 cm³/mol. The van der Waals surface area contributed by atoms with Crippen LogP contribution in [0.1, 0.15) is 20.3 Å². The van der Waals surface area contributed by atoms with Crippen LogP contribution in [0, 0.1) is 17.8 Å². The van der Waals surface area contributed by atoms with Gasteiger partial charge in [-0.25, -0.2) is 0 Å². The van der Waals surface area contributed by atoms with Gasteiger partial charge in [0.1, 0.15) is 6.61 Å². The minimum absolute atomic E-state index is 0.00268. The van der Waals surface area contributed by atoms with E-state index in [9.17, 15) is 4.79 Å². The predicted octanol–water partition coefficient (Wildman–Crippen LogP) is 2.25. The second kappa shape index (κ2) is 6.19. The first-order valence-corrected chi connectivity index (χ1v) is 7.00. The van der Waals surface area contributed by atoms with Gasteiger partial charge in [0, 0.05) is 6.54 Å². The van der Waals surface area contributed by atoms with Crippen molar-refractivity contribution in [1.29, 1.82) is 0 Å². The summed E-state index contributed by atoms with van der Waals surface area (Å²) < 4.78 is 5.39. The molecule has 3 unspecified atom stereocenters. The molecule has 100 valence electrons. The number of allylic oxidation sites excluding steroid dienone is 4. The maximum Gasteiger partial charge on any atom is 0.309 e. The van der Waals surface area contributed by atoms with E-state index in [0.29, 0.717) is 18.4 Å². The average molecular weight is 249 g/mol. The van der Waals surface area contributed by atoms with Gasteiger partial charge >= 0.3 is 5.97 Å². The summed E-state index contributed by atoms with van der Waals surface area (Å²) in [6.45, 7) is 7.64. The molecule has 0 amide bonds. The lowest BCUT2D eigenvalue weighted by molar-refractivity contribution is -0.146. The molecule has 2 rings (SSSR count). The fraction of sp³-hybridized carbons (Fsp3) is 0.667. The molecule has 0 bridgehead atoms. The molecule has 1 fully saturated rings. The monoisotopic (exact) mass is 249 g/mol. The molecule has 2 aliphatic carbocycles. The Balaban J connectivity index is 1.70. The maximum atomic E-state index is 11.9. The van der Waals surface area contributed by atoms with Gasteiger partial charge in [-0.2, -0.15) is 0 Å². The number of esters is 1. The van der Waals surface area contributed by atoms with E-state index < -0.39 is 0 Å². The second-order valence-electron chi connectivity index (χ2n) is 5.01. The Labute approximate surface area is 109 Å². The van der Waals surface area contributed by atoms with Gasteiger partial charge in [0.25, 0.3) is 0 Å². The van der Waals surface area contributed by atoms with Crippen molar-refractivity contribution in [2.75, 3.05) is 26.2 Å². The van der Waals surface area contributed by atoms with Crippen LogP contribution in [0.5, 0.6) is 0 Å². The zero-order valence-corrected chi connectivity index (χ0v) is 11.3. The molecule has 1 saturated carbocycles. The minimum atomic E-state index is -0.00268. The Kier molecular flexibility index (Phi) is 4.59. The first kappa shape index (κ1) is 13.3. The van der Waals surface area contributed by atoms with Crippen LogP contribution in [0.15, 0.2) is 24.3 Å². The lowest BCUT2D eigenvalue weighted by Gasteiger charge is -2.17. The van der Waals surface area contributed by atoms with E-state index in [0.717, 1.165) is 26.1 Å². The summed E-state index contributed by atoms with van der Waals surface area (Å²) in [4.78, 5) is 14.2. The van der Waals surface area contributed by atoms with Crippen molar-refractivity contribution in [2.24, 2.45) is 17.8 Å². The van der Waals surface area contributed by atoms with Crippen molar-refractivity contribution >= 4 is 5.97 Å². The highest BCUT2D eigenvalue weighted by Crippen LogP contribution is 2.51. The number of carbonyl (C=O) groups excluding carboxylic acids is 1. The van der Waals surface area contributed by atoms with Crippen molar-refractivity contribution in [3.05, 3.63) is 24.3 Å². The Bertz CT molecular complexity index is 344. The van der Waals surface area contributed by atoms with E-state index in [-0.39, 0.29) is 11.9 Å². The Morgan fingerprint density at radius 2 is 2.11 bits per heavy atom. The van der Waals surface area contributed by atoms with E-state index in [1.165, 1.54) is 0 Å². The molecule has 0 spiro atoms. The van der Waals surface area contributed by atoms with E-state index in [2.05, 4.69) is 37.0 Å². The molecule has 0 aliphatic heterocycles. The van der Waals surface area contributed by atoms with Crippen LogP contribution in [-0.4, -0.2) is 37.1 Å². The topological polar surface area (TPSA) is 29.5 Å². The Morgan fingerprint density at radius 3 is 2.83 bits per heavy atom. The fourth-order valence-electron chi connectivity index (χ4n) is 2.72. The van der Waals surface area contributed by atoms with Crippen molar-refractivity contribution in [3.63, 3.8) is 0 Å². The van der Waals surface area contributed by atoms with Crippen molar-refractivity contribution < 1.29 is 9.53 Å². The average Bonchev–Trinajstić information content (AvgIpc) is 3.09. The molecular formula is C15H23NO2. The van der Waals surface area contributed by atoms with Gasteiger partial charge in [-0.1, -0.05) is 38.2 Å². The van der Waals surface area contributed by atoms with Crippen molar-refractivity contribution in [3.8, 4) is 0 Å². The highest BCUT2D eigenvalue weighted by molar-refractivity contribution is 5.77. The summed E-state index contributed by atoms with van der Waals surface area (Å²) in [5.74, 6) is 1.02. The Morgan fingerprint density at radius 1 is 1.33 bits per heavy atom. The quantitative estimate of drug-likeness (QED) is 0.676. The molecule has 0 aromatic rings. The van der Waals surface area contributed by atoms with Crippen LogP contribution in [-0.2, 0) is 9.53 Å². The zero-order valence-electron chi connectivity index (χ0n) is 11.3. The molecule has 0 N–H and O–H groups in total. The molecule has 0 heterocycles. The third-order valence-corrected chi connectivity index (χ3v) is 4.04. The van der Waals surface area contributed by atoms with E-state index >= 15 is 0 Å². The number of ether oxygens (including phenoxy) is 1. The highest BCUT2D eigenvalue weighted by atomic mass is 16.5. The molecule has 2 aliphatic rings. The van der Waals surface area contributed by atoms with Gasteiger partial charge in [0.2, 0.25) is 0 Å². The van der Waals surface area contributed by atoms with E-state index in [1.54, 1.807) is 0 Å². The number of hydrogen-bond donors (Lipinski definition) is 0. The fourth-order valence-corrected chi connectivity index (χ4v) is 2.72. The lowest BCUT2D eigenvalue weighted by atomic mass is 10.2. The van der Waals surface area contributed by atoms with Gasteiger partial charge in [-0.15, -0.1) is 0 Å². The van der Waals surface area contributed by atoms with Crippen molar-refractivity contribution in [1.82, 2.24) is 4.90 Å². The smallest absolute Gasteiger partial charge is 0.309 e. The molecule has 0 saturated heterocycles. The molecular weight excluding hydrogens is 226 g/mol. The summed E-state index contributed by atoms with van der Waals surface area (Å²) in [5, 5.41) is 0. The molecule has 3 heteroatoms. The van der Waals surface area contributed by atoms with Gasteiger partial charge in [0.05, 0.1) is 5.92 Å². The van der Waals surface area contributed by atoms with Gasteiger partial charge in [-0.05, 0) is 31.3 Å². The van der Waals surface area contributed by atoms with Crippen LogP contribution in [0.25, 0.3) is 0 Å². The van der Waals surface area contributed by atoms with Gasteiger partial charge in [0.15, 0.2) is 0 Å². The maximum absolute atomic E-state index is 11.9. The summed E-state index contributed by atoms with van der Waals surface area (Å²) in [7, 11) is 0. The number of hydrogen-bond acceptors (Lipinski definition) is 3. The molecule has 18 heavy (non-hydrogen) atoms. The number of fused-ring (bicyclic) bond motifs is 1. The minimum Gasteiger partial charge on any atom is -0.464 e. The molecule has 3 nitrogen and oxygen atoms in total. The van der Waals surface area contributed by atoms with E-state index in [1.807, 2.05) is 6.08 Å². The lowest BCUT2D eigenvalue weighted by Crippen LogP contribution is -2.28. The summed E-state index contributed by atoms with van der Waals surface area (Å²) >= 11 is 0. The van der Waals surface area contributed by atoms with Crippen LogP contribution in [0.4, 0.5) is 0 Å². The van der Waals surface area contributed by atoms with Gasteiger partial charge < -0.3 is 9.64 Å². The summed E-state index contributed by atoms with van der Waals surface area (Å²) in [6, 6.07) is 0. The molecule has 0 radical (unpaired) electrons. The first-order chi connectivity index (χ1) is 8.77. The summed E-state index contributed by atoms with van der Waals surface area (Å²) in [6.07, 6.45) is 9.41. The zero-order chi connectivity index (χ0) is 13.0. The third kappa shape index (κ3) is 3.02. The van der Waals surface area contributed by atoms with Crippen LogP contribution < -0.4 is 0 Å². The van der Waals surface area contributed by atoms with E-state index in [4.69, 9.17) is 4.74 Å². The number of carbonyl (C=O) groups is 1. The van der Waals surface area contributed by atoms with Gasteiger partial charge in [-0.3, -0.25) is 4.79 Å². The van der Waals surface area contributed by atoms with Crippen LogP contribution in [0.2, 0.25) is 0 Å². The summed E-state index contributed by atoms with van der Waals surface area (Å²) in [5.41, 5.74) is 0. The van der Waals surface area contributed by atoms with Crippen LogP contribution >= 0.6 is 0 Å². The third-order valence-electron chi connectivity index (χ3n) is 4.04. The molecule has 0 aromatic heterocycles. The highest BCUT2D eigenvalue weighted by Gasteiger charge is 2.53. The largest absolute Gasteiger partial charge is 0.464 e. The second-order valence-corrected chi connectivity index (χ2v) is 5.01. The van der Waals surface area contributed by atoms with Crippen molar-refractivity contribution in [2.45, 2.75) is 20.3 Å². The number of rotatable bonds is 6. The SMILES string of the molecule is CCN(CC)CCOC(=O)C1C2C=CC=CCC21. The van der Waals surface area contributed by atoms with Crippen LogP contribution in [0.3, 0.4) is 0 Å². The standard InChI is InChI=1S/C15H23NO2/c1-3-16(4-2)10-11-18-15(17)14-12-8-6-5-7-9-13(12)14/h5-8,12-14H,3-4,9-11H2,1-2H3.